The first-order valence-electron chi connectivity index (χ1n) is 8.87. The molecule has 1 fully saturated rings. The lowest BCUT2D eigenvalue weighted by Crippen LogP contribution is -2.67. The summed E-state index contributed by atoms with van der Waals surface area (Å²) in [5.74, 6) is 2.33. The van der Waals surface area contributed by atoms with Crippen LogP contribution in [0.4, 0.5) is 0 Å². The highest BCUT2D eigenvalue weighted by Crippen LogP contribution is 2.55. The standard InChI is InChI=1S/C19H27N3O5/c1-7-26-14-10-19(20,18(14,2)3)17-21-16(22-27-17)11-8-12(23-4)15(25-6)13(9-11)24-5/h8-9,14H,7,10,20H2,1-6H3. The zero-order valence-corrected chi connectivity index (χ0v) is 16.7. The molecule has 0 amide bonds. The molecule has 148 valence electrons. The van der Waals surface area contributed by atoms with Crippen molar-refractivity contribution in [3.63, 3.8) is 0 Å². The predicted octanol–water partition coefficient (Wildman–Crippen LogP) is 2.75. The molecule has 1 saturated carbocycles. The van der Waals surface area contributed by atoms with Gasteiger partial charge in [-0.15, -0.1) is 0 Å². The Kier molecular flexibility index (Phi) is 5.05. The summed E-state index contributed by atoms with van der Waals surface area (Å²) in [6, 6.07) is 3.54. The maximum atomic E-state index is 6.63. The lowest BCUT2D eigenvalue weighted by Gasteiger charge is -2.56. The minimum absolute atomic E-state index is 0.0593. The van der Waals surface area contributed by atoms with Gasteiger partial charge in [0, 0.05) is 24.0 Å². The molecule has 0 aliphatic heterocycles. The van der Waals surface area contributed by atoms with Gasteiger partial charge in [-0.25, -0.2) is 0 Å². The third kappa shape index (κ3) is 2.93. The van der Waals surface area contributed by atoms with Crippen molar-refractivity contribution in [2.75, 3.05) is 27.9 Å². The van der Waals surface area contributed by atoms with Crippen molar-refractivity contribution in [2.24, 2.45) is 11.1 Å². The van der Waals surface area contributed by atoms with Gasteiger partial charge in [-0.1, -0.05) is 19.0 Å². The van der Waals surface area contributed by atoms with Crippen LogP contribution >= 0.6 is 0 Å². The van der Waals surface area contributed by atoms with Gasteiger partial charge < -0.3 is 29.2 Å². The van der Waals surface area contributed by atoms with E-state index in [2.05, 4.69) is 24.0 Å². The van der Waals surface area contributed by atoms with Crippen LogP contribution in [-0.4, -0.2) is 44.2 Å². The Bertz CT molecular complexity index is 794. The summed E-state index contributed by atoms with van der Waals surface area (Å²) in [5.41, 5.74) is 6.25. The molecule has 0 spiro atoms. The fourth-order valence-corrected chi connectivity index (χ4v) is 3.53. The van der Waals surface area contributed by atoms with Crippen LogP contribution in [0.25, 0.3) is 11.4 Å². The topological polar surface area (TPSA) is 102 Å². The van der Waals surface area contributed by atoms with Crippen molar-refractivity contribution >= 4 is 0 Å². The van der Waals surface area contributed by atoms with Crippen molar-refractivity contribution in [3.8, 4) is 28.6 Å². The normalized spacial score (nSPS) is 23.6. The molecule has 2 atom stereocenters. The number of hydrogen-bond acceptors (Lipinski definition) is 8. The summed E-state index contributed by atoms with van der Waals surface area (Å²) in [5, 5.41) is 4.12. The van der Waals surface area contributed by atoms with E-state index in [0.29, 0.717) is 47.6 Å². The fourth-order valence-electron chi connectivity index (χ4n) is 3.53. The van der Waals surface area contributed by atoms with Crippen LogP contribution in [0.5, 0.6) is 17.2 Å². The second-order valence-corrected chi connectivity index (χ2v) is 7.18. The Balaban J connectivity index is 1.95. The number of benzene rings is 1. The summed E-state index contributed by atoms with van der Waals surface area (Å²) in [6.45, 7) is 6.73. The molecule has 2 unspecified atom stereocenters. The Morgan fingerprint density at radius 2 is 1.78 bits per heavy atom. The third-order valence-electron chi connectivity index (χ3n) is 5.56. The quantitative estimate of drug-likeness (QED) is 0.786. The van der Waals surface area contributed by atoms with Crippen LogP contribution in [0, 0.1) is 5.41 Å². The van der Waals surface area contributed by atoms with Crippen molar-refractivity contribution in [2.45, 2.75) is 38.8 Å². The number of methoxy groups -OCH3 is 3. The van der Waals surface area contributed by atoms with E-state index in [9.17, 15) is 0 Å². The minimum atomic E-state index is -0.737. The molecule has 0 bridgehead atoms. The summed E-state index contributed by atoms with van der Waals surface area (Å²) in [7, 11) is 4.67. The highest BCUT2D eigenvalue weighted by molar-refractivity contribution is 5.66. The van der Waals surface area contributed by atoms with Gasteiger partial charge >= 0.3 is 0 Å². The monoisotopic (exact) mass is 377 g/mol. The smallest absolute Gasteiger partial charge is 0.247 e. The maximum absolute atomic E-state index is 6.63. The van der Waals surface area contributed by atoms with Gasteiger partial charge in [0.1, 0.15) is 5.54 Å². The molecule has 8 heteroatoms. The van der Waals surface area contributed by atoms with E-state index in [1.165, 1.54) is 0 Å². The SMILES string of the molecule is CCOC1CC(N)(c2nc(-c3cc(OC)c(OC)c(OC)c3)no2)C1(C)C. The number of ether oxygens (including phenoxy) is 4. The number of rotatable bonds is 7. The van der Waals surface area contributed by atoms with Gasteiger partial charge in [0.05, 0.1) is 27.4 Å². The van der Waals surface area contributed by atoms with Crippen LogP contribution in [0.2, 0.25) is 0 Å². The average molecular weight is 377 g/mol. The van der Waals surface area contributed by atoms with Crippen molar-refractivity contribution in [1.29, 1.82) is 0 Å². The van der Waals surface area contributed by atoms with E-state index in [-0.39, 0.29) is 11.5 Å². The highest BCUT2D eigenvalue weighted by atomic mass is 16.5. The van der Waals surface area contributed by atoms with Gasteiger partial charge in [0.2, 0.25) is 17.5 Å². The van der Waals surface area contributed by atoms with E-state index in [4.69, 9.17) is 29.2 Å². The Labute approximate surface area is 158 Å². The van der Waals surface area contributed by atoms with Crippen molar-refractivity contribution in [3.05, 3.63) is 18.0 Å². The van der Waals surface area contributed by atoms with E-state index < -0.39 is 5.54 Å². The van der Waals surface area contributed by atoms with Crippen LogP contribution in [-0.2, 0) is 10.3 Å². The number of nitrogens with zero attached hydrogens (tertiary/aromatic N) is 2. The molecule has 0 saturated heterocycles. The van der Waals surface area contributed by atoms with E-state index >= 15 is 0 Å². The van der Waals surface area contributed by atoms with E-state index in [1.54, 1.807) is 33.5 Å². The zero-order chi connectivity index (χ0) is 19.8. The summed E-state index contributed by atoms with van der Waals surface area (Å²) >= 11 is 0. The zero-order valence-electron chi connectivity index (χ0n) is 16.7. The number of nitrogens with two attached hydrogens (primary N) is 1. The predicted molar refractivity (Wildman–Crippen MR) is 99.1 cm³/mol. The second-order valence-electron chi connectivity index (χ2n) is 7.18. The molecule has 3 rings (SSSR count). The van der Waals surface area contributed by atoms with Crippen molar-refractivity contribution < 1.29 is 23.5 Å². The molecule has 27 heavy (non-hydrogen) atoms. The molecule has 2 aromatic rings. The molecule has 0 radical (unpaired) electrons. The van der Waals surface area contributed by atoms with Gasteiger partial charge in [-0.2, -0.15) is 4.98 Å². The third-order valence-corrected chi connectivity index (χ3v) is 5.56. The molecule has 1 aliphatic rings. The van der Waals surface area contributed by atoms with E-state index in [0.717, 1.165) is 0 Å². The minimum Gasteiger partial charge on any atom is -0.493 e. The summed E-state index contributed by atoms with van der Waals surface area (Å²) < 4.78 is 27.4. The van der Waals surface area contributed by atoms with Gasteiger partial charge in [0.25, 0.3) is 0 Å². The first kappa shape index (κ1) is 19.4. The molecular formula is C19H27N3O5. The molecule has 1 aliphatic carbocycles. The maximum Gasteiger partial charge on any atom is 0.247 e. The molecule has 1 heterocycles. The highest BCUT2D eigenvalue weighted by Gasteiger charge is 2.62. The summed E-state index contributed by atoms with van der Waals surface area (Å²) in [4.78, 5) is 4.56. The molecule has 1 aromatic heterocycles. The first-order chi connectivity index (χ1) is 12.8. The Hall–Kier alpha value is -2.32. The molecule has 8 nitrogen and oxygen atoms in total. The fraction of sp³-hybridized carbons (Fsp3) is 0.579. The lowest BCUT2D eigenvalue weighted by molar-refractivity contribution is -0.162. The number of hydrogen-bond donors (Lipinski definition) is 1. The Morgan fingerprint density at radius 1 is 1.15 bits per heavy atom. The lowest BCUT2D eigenvalue weighted by atomic mass is 9.54. The molecule has 1 aromatic carbocycles. The van der Waals surface area contributed by atoms with Gasteiger partial charge in [0.15, 0.2) is 11.5 Å². The molecule has 2 N–H and O–H groups in total. The van der Waals surface area contributed by atoms with Gasteiger partial charge in [-0.3, -0.25) is 0 Å². The number of aromatic nitrogens is 2. The van der Waals surface area contributed by atoms with Crippen LogP contribution in [0.1, 0.15) is 33.1 Å². The molecular weight excluding hydrogens is 350 g/mol. The average Bonchev–Trinajstić information content (AvgIpc) is 3.16. The van der Waals surface area contributed by atoms with Crippen LogP contribution in [0.15, 0.2) is 16.7 Å². The second kappa shape index (κ2) is 7.01. The largest absolute Gasteiger partial charge is 0.493 e. The Morgan fingerprint density at radius 3 is 2.26 bits per heavy atom. The van der Waals surface area contributed by atoms with Crippen LogP contribution in [0.3, 0.4) is 0 Å². The van der Waals surface area contributed by atoms with Crippen molar-refractivity contribution in [1.82, 2.24) is 10.1 Å². The summed E-state index contributed by atoms with van der Waals surface area (Å²) in [6.07, 6.45) is 0.689. The van der Waals surface area contributed by atoms with Gasteiger partial charge in [-0.05, 0) is 19.1 Å². The van der Waals surface area contributed by atoms with Crippen LogP contribution < -0.4 is 19.9 Å². The first-order valence-corrected chi connectivity index (χ1v) is 8.87. The van der Waals surface area contributed by atoms with E-state index in [1.807, 2.05) is 6.92 Å².